The average Bonchev–Trinajstić information content (AvgIpc) is 2.27. The van der Waals surface area contributed by atoms with Crippen molar-refractivity contribution < 1.29 is 19.8 Å². The number of carbonyl (C=O) groups is 2. The van der Waals surface area contributed by atoms with Gasteiger partial charge in [-0.25, -0.2) is 0 Å². The molecule has 0 aliphatic carbocycles. The van der Waals surface area contributed by atoms with Gasteiger partial charge in [-0.2, -0.15) is 0 Å². The summed E-state index contributed by atoms with van der Waals surface area (Å²) in [5, 5.41) is 18.8. The zero-order valence-electron chi connectivity index (χ0n) is 11.2. The van der Waals surface area contributed by atoms with Crippen LogP contribution < -0.4 is 10.2 Å². The van der Waals surface area contributed by atoms with Crippen LogP contribution in [0.25, 0.3) is 0 Å². The van der Waals surface area contributed by atoms with Crippen molar-refractivity contribution in [3.8, 4) is 0 Å². The summed E-state index contributed by atoms with van der Waals surface area (Å²) >= 11 is 0.149. The number of unbranched alkanes of at least 4 members (excludes halogenated alkanes) is 2. The monoisotopic (exact) mass is 388 g/mol. The summed E-state index contributed by atoms with van der Waals surface area (Å²) in [4.78, 5) is 18.8. The zero-order chi connectivity index (χ0) is 13.5. The molecule has 0 spiro atoms. The van der Waals surface area contributed by atoms with Gasteiger partial charge >= 0.3 is 107 Å². The smallest absolute Gasteiger partial charge is 0.545 e. The van der Waals surface area contributed by atoms with Crippen molar-refractivity contribution in [1.29, 1.82) is 0 Å². The Hall–Kier alpha value is 0.738. The molecule has 0 aromatic heterocycles. The van der Waals surface area contributed by atoms with Crippen LogP contribution in [-0.4, -0.2) is 70.8 Å². The van der Waals surface area contributed by atoms with Gasteiger partial charge in [0.25, 0.3) is 0 Å². The number of hydrogen-bond donors (Lipinski definition) is 0. The minimum Gasteiger partial charge on any atom is -0.545 e. The number of aliphatic carboxylic acids is 2. The molecule has 0 saturated heterocycles. The Morgan fingerprint density at radius 2 is 1.28 bits per heavy atom. The van der Waals surface area contributed by atoms with Crippen LogP contribution >= 0.6 is 0 Å². The summed E-state index contributed by atoms with van der Waals surface area (Å²) in [5.41, 5.74) is 0. The third kappa shape index (κ3) is 30.1. The maximum Gasteiger partial charge on any atom is 2.00 e. The largest absolute Gasteiger partial charge is 2.00 e. The van der Waals surface area contributed by atoms with Crippen LogP contribution in [0.4, 0.5) is 0 Å². The summed E-state index contributed by atoms with van der Waals surface area (Å²) in [6.45, 7) is 4.58. The molecule has 0 fully saturated rings. The Bertz CT molecular complexity index is 210. The Balaban J connectivity index is -0.000000238. The fourth-order valence-corrected chi connectivity index (χ4v) is 5.02. The van der Waals surface area contributed by atoms with Gasteiger partial charge in [-0.3, -0.25) is 0 Å². The molecule has 0 aliphatic rings. The second kappa shape index (κ2) is 20.1. The molecule has 0 saturated carbocycles. The van der Waals surface area contributed by atoms with Crippen LogP contribution in [0.15, 0.2) is 12.2 Å². The number of hydrogen-bond acceptors (Lipinski definition) is 4. The van der Waals surface area contributed by atoms with E-state index in [2.05, 4.69) is 13.8 Å². The Morgan fingerprint density at radius 1 is 0.944 bits per heavy atom. The molecule has 0 atom stereocenters. The summed E-state index contributed by atoms with van der Waals surface area (Å²) in [7, 11) is 0. The van der Waals surface area contributed by atoms with E-state index < -0.39 is 11.9 Å². The molecule has 2 radical (unpaired) electrons. The minimum atomic E-state index is -1.55. The maximum absolute atomic E-state index is 9.41. The molecule has 4 nitrogen and oxygen atoms in total. The van der Waals surface area contributed by atoms with Gasteiger partial charge in [0.05, 0.1) is 11.9 Å². The second-order valence-electron chi connectivity index (χ2n) is 3.43. The molecule has 0 N–H and O–H groups in total. The fraction of sp³-hybridized carbons (Fsp3) is 0.667. The topological polar surface area (TPSA) is 80.3 Å². The van der Waals surface area contributed by atoms with Crippen LogP contribution in [0.1, 0.15) is 39.5 Å². The molecule has 0 aromatic rings. The van der Waals surface area contributed by atoms with Gasteiger partial charge in [-0.1, -0.05) is 0 Å². The van der Waals surface area contributed by atoms with Crippen molar-refractivity contribution >= 4 is 70.8 Å². The van der Waals surface area contributed by atoms with Crippen molar-refractivity contribution in [2.75, 3.05) is 0 Å². The molecule has 0 amide bonds. The molecule has 6 heteroatoms. The molecule has 0 bridgehead atoms. The molecule has 0 aromatic carbocycles. The van der Waals surface area contributed by atoms with E-state index in [4.69, 9.17) is 0 Å². The van der Waals surface area contributed by atoms with E-state index in [0.717, 1.165) is 0 Å². The van der Waals surface area contributed by atoms with Gasteiger partial charge in [-0.15, -0.1) is 0 Å². The van der Waals surface area contributed by atoms with E-state index in [9.17, 15) is 19.8 Å². The van der Waals surface area contributed by atoms with E-state index >= 15 is 0 Å². The van der Waals surface area contributed by atoms with Crippen LogP contribution in [0.5, 0.6) is 0 Å². The molecule has 0 unspecified atom stereocenters. The standard InChI is InChI=1S/C4H4O4.2C4H9.Ca.Sn/c5-3(6)1-2-4(7)8;2*1-3-4-2;;/h1-2H,(H,5,6)(H,7,8);2*1,3-4H2,2H3;;/q;;;+2;/p-2/b2-1-;;;;. The van der Waals surface area contributed by atoms with E-state index in [-0.39, 0.29) is 58.9 Å². The molecule has 98 valence electrons. The van der Waals surface area contributed by atoms with E-state index in [1.807, 2.05) is 0 Å². The second-order valence-corrected chi connectivity index (χ2v) is 7.71. The van der Waals surface area contributed by atoms with Gasteiger partial charge in [-0.05, 0) is 12.2 Å². The first-order valence-electron chi connectivity index (χ1n) is 5.85. The molecule has 18 heavy (non-hydrogen) atoms. The molecule has 0 aliphatic heterocycles. The van der Waals surface area contributed by atoms with Gasteiger partial charge in [0.2, 0.25) is 0 Å². The zero-order valence-corrected chi connectivity index (χ0v) is 16.3. The molecular weight excluding hydrogens is 367 g/mol. The SMILES string of the molecule is CCC[CH2][Sn][CH2]CCC.O=C([O-])/C=C\C(=O)[O-].[Ca+2]. The van der Waals surface area contributed by atoms with Crippen molar-refractivity contribution in [3.63, 3.8) is 0 Å². The molecule has 0 rings (SSSR count). The maximum atomic E-state index is 9.41. The third-order valence-electron chi connectivity index (χ3n) is 1.77. The van der Waals surface area contributed by atoms with E-state index in [0.29, 0.717) is 12.2 Å². The minimum absolute atomic E-state index is 0. The third-order valence-corrected chi connectivity index (χ3v) is 5.81. The Kier molecular flexibility index (Phi) is 26.5. The number of carbonyl (C=O) groups excluding carboxylic acids is 2. The predicted molar refractivity (Wildman–Crippen MR) is 70.1 cm³/mol. The van der Waals surface area contributed by atoms with Crippen molar-refractivity contribution in [2.45, 2.75) is 48.4 Å². The quantitative estimate of drug-likeness (QED) is 0.328. The first-order chi connectivity index (χ1) is 8.04. The average molecular weight is 387 g/mol. The van der Waals surface area contributed by atoms with E-state index in [1.54, 1.807) is 8.87 Å². The van der Waals surface area contributed by atoms with E-state index in [1.165, 1.54) is 25.7 Å². The number of carboxylic acid groups (broad SMARTS) is 2. The number of carboxylic acids is 2. The molecular formula is C12H20CaO4Sn. The van der Waals surface area contributed by atoms with Crippen LogP contribution in [0, 0.1) is 0 Å². The van der Waals surface area contributed by atoms with Crippen LogP contribution in [0.3, 0.4) is 0 Å². The van der Waals surface area contributed by atoms with Crippen molar-refractivity contribution in [1.82, 2.24) is 0 Å². The first kappa shape index (κ1) is 23.8. The van der Waals surface area contributed by atoms with Gasteiger partial charge in [0, 0.05) is 0 Å². The van der Waals surface area contributed by atoms with Gasteiger partial charge < -0.3 is 19.8 Å². The number of rotatable bonds is 8. The van der Waals surface area contributed by atoms with Gasteiger partial charge in [0.1, 0.15) is 0 Å². The van der Waals surface area contributed by atoms with Gasteiger partial charge in [0.15, 0.2) is 0 Å². The predicted octanol–water partition coefficient (Wildman–Crippen LogP) is -0.211. The Morgan fingerprint density at radius 3 is 1.50 bits per heavy atom. The van der Waals surface area contributed by atoms with Crippen molar-refractivity contribution in [2.24, 2.45) is 0 Å². The Labute approximate surface area is 149 Å². The van der Waals surface area contributed by atoms with Crippen LogP contribution in [0.2, 0.25) is 8.87 Å². The van der Waals surface area contributed by atoms with Crippen LogP contribution in [-0.2, 0) is 9.59 Å². The van der Waals surface area contributed by atoms with Crippen molar-refractivity contribution in [3.05, 3.63) is 12.2 Å². The summed E-state index contributed by atoms with van der Waals surface area (Å²) in [6, 6.07) is 0. The normalized spacial score (nSPS) is 9.22. The summed E-state index contributed by atoms with van der Waals surface area (Å²) in [6.07, 6.45) is 6.61. The fourth-order valence-electron chi connectivity index (χ4n) is 0.865. The molecule has 0 heterocycles. The summed E-state index contributed by atoms with van der Waals surface area (Å²) < 4.78 is 3.25. The summed E-state index contributed by atoms with van der Waals surface area (Å²) in [5.74, 6) is -3.09. The first-order valence-corrected chi connectivity index (χ1v) is 9.88.